The zero-order valence-corrected chi connectivity index (χ0v) is 12.5. The van der Waals surface area contributed by atoms with Gasteiger partial charge in [-0.1, -0.05) is 37.3 Å². The van der Waals surface area contributed by atoms with E-state index < -0.39 is 0 Å². The molecule has 4 heteroatoms. The number of benzene rings is 2. The maximum Gasteiger partial charge on any atom is 0.193 e. The summed E-state index contributed by atoms with van der Waals surface area (Å²) in [4.78, 5) is 4.32. The number of hydrogen-bond donors (Lipinski definition) is 2. The fourth-order valence-electron chi connectivity index (χ4n) is 2.29. The van der Waals surface area contributed by atoms with Gasteiger partial charge in [-0.3, -0.25) is 0 Å². The van der Waals surface area contributed by atoms with Crippen molar-refractivity contribution in [3.8, 4) is 0 Å². The van der Waals surface area contributed by atoms with E-state index in [0.717, 1.165) is 28.8 Å². The maximum absolute atomic E-state index is 5.92. The van der Waals surface area contributed by atoms with Crippen LogP contribution in [0.1, 0.15) is 18.2 Å². The number of fused-ring (bicyclic) bond motifs is 1. The van der Waals surface area contributed by atoms with E-state index in [1.807, 2.05) is 42.5 Å². The first-order valence-electron chi connectivity index (χ1n) is 7.38. The third kappa shape index (κ3) is 3.28. The molecule has 1 aromatic heterocycles. The van der Waals surface area contributed by atoms with Crippen LogP contribution in [0.15, 0.2) is 64.0 Å². The van der Waals surface area contributed by atoms with Crippen LogP contribution in [0.3, 0.4) is 0 Å². The molecule has 0 unspecified atom stereocenters. The number of para-hydroxylation sites is 1. The molecule has 0 bridgehead atoms. The van der Waals surface area contributed by atoms with Gasteiger partial charge in [0, 0.05) is 11.1 Å². The molecule has 3 rings (SSSR count). The smallest absolute Gasteiger partial charge is 0.193 e. The Kier molecular flexibility index (Phi) is 4.10. The van der Waals surface area contributed by atoms with Crippen molar-refractivity contribution in [1.29, 1.82) is 0 Å². The summed E-state index contributed by atoms with van der Waals surface area (Å²) in [6.45, 7) is 2.55. The van der Waals surface area contributed by atoms with Gasteiger partial charge in [0.15, 0.2) is 5.96 Å². The van der Waals surface area contributed by atoms with Crippen molar-refractivity contribution in [2.45, 2.75) is 19.9 Å². The Morgan fingerprint density at radius 3 is 2.64 bits per heavy atom. The minimum atomic E-state index is 0.379. The van der Waals surface area contributed by atoms with Crippen molar-refractivity contribution < 1.29 is 4.42 Å². The molecule has 112 valence electrons. The van der Waals surface area contributed by atoms with Crippen molar-refractivity contribution in [2.24, 2.45) is 10.7 Å². The summed E-state index contributed by atoms with van der Waals surface area (Å²) in [7, 11) is 0. The molecule has 3 N–H and O–H groups in total. The summed E-state index contributed by atoms with van der Waals surface area (Å²) in [6, 6.07) is 18.1. The summed E-state index contributed by atoms with van der Waals surface area (Å²) in [5.41, 5.74) is 9.01. The van der Waals surface area contributed by atoms with Gasteiger partial charge >= 0.3 is 0 Å². The first-order chi connectivity index (χ1) is 10.7. The molecule has 2 aromatic carbocycles. The van der Waals surface area contributed by atoms with Crippen LogP contribution in [0.4, 0.5) is 5.69 Å². The third-order valence-corrected chi connectivity index (χ3v) is 3.52. The average molecular weight is 293 g/mol. The minimum Gasteiger partial charge on any atom is -0.459 e. The van der Waals surface area contributed by atoms with Gasteiger partial charge in [-0.2, -0.15) is 0 Å². The lowest BCUT2D eigenvalue weighted by atomic mass is 10.1. The van der Waals surface area contributed by atoms with E-state index in [9.17, 15) is 0 Å². The van der Waals surface area contributed by atoms with Gasteiger partial charge in [0.2, 0.25) is 0 Å². The summed E-state index contributed by atoms with van der Waals surface area (Å²) in [5, 5.41) is 4.16. The van der Waals surface area contributed by atoms with E-state index in [1.165, 1.54) is 5.56 Å². The molecule has 22 heavy (non-hydrogen) atoms. The summed E-state index contributed by atoms with van der Waals surface area (Å²) >= 11 is 0. The van der Waals surface area contributed by atoms with Crippen molar-refractivity contribution >= 4 is 22.6 Å². The maximum atomic E-state index is 5.92. The molecule has 0 saturated heterocycles. The highest BCUT2D eigenvalue weighted by Crippen LogP contribution is 2.19. The molecule has 0 radical (unpaired) electrons. The van der Waals surface area contributed by atoms with Crippen LogP contribution in [-0.4, -0.2) is 5.96 Å². The number of furan rings is 1. The average Bonchev–Trinajstić information content (AvgIpc) is 2.96. The van der Waals surface area contributed by atoms with E-state index in [-0.39, 0.29) is 0 Å². The molecule has 3 aromatic rings. The highest BCUT2D eigenvalue weighted by atomic mass is 16.3. The van der Waals surface area contributed by atoms with Gasteiger partial charge in [-0.15, -0.1) is 0 Å². The topological polar surface area (TPSA) is 63.5 Å². The first kappa shape index (κ1) is 14.2. The van der Waals surface area contributed by atoms with E-state index in [1.54, 1.807) is 0 Å². The van der Waals surface area contributed by atoms with Crippen LogP contribution in [0.2, 0.25) is 0 Å². The monoisotopic (exact) mass is 293 g/mol. The fourth-order valence-corrected chi connectivity index (χ4v) is 2.29. The molecule has 0 amide bonds. The number of nitrogens with one attached hydrogen (secondary N) is 1. The molecule has 1 heterocycles. The lowest BCUT2D eigenvalue weighted by Crippen LogP contribution is -2.22. The standard InChI is InChI=1S/C18H19N3O/c1-2-13-7-9-15(10-8-13)21-18(19)20-12-16-11-14-5-3-4-6-17(14)22-16/h3-11H,2,12H2,1H3,(H3,19,20,21). The second-order valence-corrected chi connectivity index (χ2v) is 5.13. The zero-order valence-electron chi connectivity index (χ0n) is 12.5. The van der Waals surface area contributed by atoms with Gasteiger partial charge in [0.25, 0.3) is 0 Å². The molecule has 0 saturated carbocycles. The van der Waals surface area contributed by atoms with E-state index >= 15 is 0 Å². The molecule has 4 nitrogen and oxygen atoms in total. The Balaban J connectivity index is 1.66. The largest absolute Gasteiger partial charge is 0.459 e. The number of guanidine groups is 1. The van der Waals surface area contributed by atoms with E-state index in [0.29, 0.717) is 12.5 Å². The minimum absolute atomic E-state index is 0.379. The Bertz CT molecular complexity index is 754. The number of nitrogens with two attached hydrogens (primary N) is 1. The molecule has 0 fully saturated rings. The molecule has 0 atom stereocenters. The lowest BCUT2D eigenvalue weighted by Gasteiger charge is -2.06. The molecule has 0 aliphatic heterocycles. The molecular weight excluding hydrogens is 274 g/mol. The van der Waals surface area contributed by atoms with Crippen LogP contribution in [0.25, 0.3) is 11.0 Å². The van der Waals surface area contributed by atoms with Crippen LogP contribution in [0, 0.1) is 0 Å². The summed E-state index contributed by atoms with van der Waals surface area (Å²) < 4.78 is 5.71. The highest BCUT2D eigenvalue weighted by molar-refractivity contribution is 5.92. The van der Waals surface area contributed by atoms with Crippen molar-refractivity contribution in [1.82, 2.24) is 0 Å². The Morgan fingerprint density at radius 1 is 1.14 bits per heavy atom. The summed E-state index contributed by atoms with van der Waals surface area (Å²) in [6.07, 6.45) is 1.02. The van der Waals surface area contributed by atoms with Gasteiger partial charge in [-0.05, 0) is 36.2 Å². The zero-order chi connectivity index (χ0) is 15.4. The Labute approximate surface area is 129 Å². The lowest BCUT2D eigenvalue weighted by molar-refractivity contribution is 0.553. The van der Waals surface area contributed by atoms with Crippen molar-refractivity contribution in [2.75, 3.05) is 5.32 Å². The Morgan fingerprint density at radius 2 is 1.91 bits per heavy atom. The van der Waals surface area contributed by atoms with Crippen LogP contribution >= 0.6 is 0 Å². The number of aliphatic imine (C=N–C) groups is 1. The SMILES string of the molecule is CCc1ccc(NC(N)=NCc2cc3ccccc3o2)cc1. The van der Waals surface area contributed by atoms with Gasteiger partial charge in [0.1, 0.15) is 17.9 Å². The molecule has 0 spiro atoms. The van der Waals surface area contributed by atoms with Gasteiger partial charge in [0.05, 0.1) is 0 Å². The van der Waals surface area contributed by atoms with E-state index in [4.69, 9.17) is 10.2 Å². The first-order valence-corrected chi connectivity index (χ1v) is 7.38. The molecule has 0 aliphatic carbocycles. The second kappa shape index (κ2) is 6.35. The second-order valence-electron chi connectivity index (χ2n) is 5.13. The van der Waals surface area contributed by atoms with Gasteiger partial charge in [-0.25, -0.2) is 4.99 Å². The van der Waals surface area contributed by atoms with Gasteiger partial charge < -0.3 is 15.5 Å². The van der Waals surface area contributed by atoms with E-state index in [2.05, 4.69) is 29.4 Å². The fraction of sp³-hybridized carbons (Fsp3) is 0.167. The predicted molar refractivity (Wildman–Crippen MR) is 91.0 cm³/mol. The van der Waals surface area contributed by atoms with Crippen LogP contribution in [0.5, 0.6) is 0 Å². The normalized spacial score (nSPS) is 11.8. The number of rotatable bonds is 4. The molecular formula is C18H19N3O. The number of nitrogens with zero attached hydrogens (tertiary/aromatic N) is 1. The number of hydrogen-bond acceptors (Lipinski definition) is 2. The molecule has 0 aliphatic rings. The van der Waals surface area contributed by atoms with Crippen molar-refractivity contribution in [3.63, 3.8) is 0 Å². The van der Waals surface area contributed by atoms with Crippen LogP contribution < -0.4 is 11.1 Å². The Hall–Kier alpha value is -2.75. The van der Waals surface area contributed by atoms with Crippen molar-refractivity contribution in [3.05, 3.63) is 65.9 Å². The summed E-state index contributed by atoms with van der Waals surface area (Å²) in [5.74, 6) is 1.18. The quantitative estimate of drug-likeness (QED) is 0.566. The van der Waals surface area contributed by atoms with Crippen LogP contribution in [-0.2, 0) is 13.0 Å². The third-order valence-electron chi connectivity index (χ3n) is 3.52. The highest BCUT2D eigenvalue weighted by Gasteiger charge is 2.02. The number of aryl methyl sites for hydroxylation is 1. The predicted octanol–water partition coefficient (Wildman–Crippen LogP) is 3.92. The number of anilines is 1.